The van der Waals surface area contributed by atoms with E-state index in [1.807, 2.05) is 0 Å². The van der Waals surface area contributed by atoms with Crippen LogP contribution in [-0.4, -0.2) is 6.54 Å². The molecule has 0 heterocycles. The molecule has 1 aliphatic rings. The molecule has 0 amide bonds. The van der Waals surface area contributed by atoms with Crippen LogP contribution in [0.5, 0.6) is 0 Å². The molecule has 2 rings (SSSR count). The fraction of sp³-hybridized carbons (Fsp3) is 0.200. The Labute approximate surface area is 66.5 Å². The summed E-state index contributed by atoms with van der Waals surface area (Å²) in [5.74, 6) is 0. The van der Waals surface area contributed by atoms with Crippen molar-refractivity contribution < 1.29 is 0 Å². The van der Waals surface area contributed by atoms with Crippen molar-refractivity contribution in [2.45, 2.75) is 6.42 Å². The van der Waals surface area contributed by atoms with Crippen molar-refractivity contribution in [1.29, 1.82) is 0 Å². The van der Waals surface area contributed by atoms with E-state index in [0.717, 1.165) is 6.42 Å². The normalized spacial score (nSPS) is 14.5. The van der Waals surface area contributed by atoms with Crippen LogP contribution in [-0.2, 0) is 6.42 Å². The number of hydrogen-bond donors (Lipinski definition) is 1. The first-order chi connectivity index (χ1) is 5.40. The number of nitrogens with two attached hydrogens (primary N) is 1. The molecule has 0 bridgehead atoms. The van der Waals surface area contributed by atoms with Crippen LogP contribution in [0.1, 0.15) is 11.1 Å². The lowest BCUT2D eigenvalue weighted by molar-refractivity contribution is 1.07. The van der Waals surface area contributed by atoms with Crippen molar-refractivity contribution in [2.75, 3.05) is 6.54 Å². The maximum absolute atomic E-state index is 5.54. The fourth-order valence-electron chi connectivity index (χ4n) is 1.48. The van der Waals surface area contributed by atoms with Gasteiger partial charge in [0.2, 0.25) is 0 Å². The van der Waals surface area contributed by atoms with E-state index in [1.54, 1.807) is 0 Å². The Bertz CT molecular complexity index is 299. The summed E-state index contributed by atoms with van der Waals surface area (Å²) >= 11 is 0. The van der Waals surface area contributed by atoms with Crippen LogP contribution in [0.4, 0.5) is 0 Å². The van der Waals surface area contributed by atoms with Gasteiger partial charge in [0.05, 0.1) is 0 Å². The molecule has 1 aromatic carbocycles. The molecule has 0 aromatic heterocycles. The van der Waals surface area contributed by atoms with E-state index in [-0.39, 0.29) is 0 Å². The van der Waals surface area contributed by atoms with E-state index in [0.29, 0.717) is 6.54 Å². The van der Waals surface area contributed by atoms with Crippen LogP contribution in [0.3, 0.4) is 0 Å². The van der Waals surface area contributed by atoms with Crippen molar-refractivity contribution in [2.24, 2.45) is 5.73 Å². The maximum Gasteiger partial charge on any atom is 0.0143 e. The summed E-state index contributed by atoms with van der Waals surface area (Å²) in [5, 5.41) is 0. The molecule has 1 aliphatic carbocycles. The largest absolute Gasteiger partial charge is 0.327 e. The number of benzene rings is 1. The van der Waals surface area contributed by atoms with Gasteiger partial charge in [-0.1, -0.05) is 35.9 Å². The van der Waals surface area contributed by atoms with E-state index in [1.165, 1.54) is 16.7 Å². The van der Waals surface area contributed by atoms with E-state index in [9.17, 15) is 0 Å². The van der Waals surface area contributed by atoms with Gasteiger partial charge in [-0.3, -0.25) is 0 Å². The van der Waals surface area contributed by atoms with E-state index in [2.05, 4.69) is 30.3 Å². The molecule has 0 radical (unpaired) electrons. The quantitative estimate of drug-likeness (QED) is 0.638. The Morgan fingerprint density at radius 1 is 1.27 bits per heavy atom. The lowest BCUT2D eigenvalue weighted by Crippen LogP contribution is -2.01. The molecule has 0 aliphatic heterocycles. The van der Waals surface area contributed by atoms with E-state index < -0.39 is 0 Å². The predicted octanol–water partition coefficient (Wildman–Crippen LogP) is 1.58. The molecule has 1 heteroatoms. The minimum absolute atomic E-state index is 0.689. The van der Waals surface area contributed by atoms with Gasteiger partial charge >= 0.3 is 0 Å². The summed E-state index contributed by atoms with van der Waals surface area (Å²) in [6.45, 7) is 0.689. The molecule has 0 saturated heterocycles. The molecule has 0 spiro atoms. The van der Waals surface area contributed by atoms with Gasteiger partial charge in [-0.15, -0.1) is 0 Å². The molecular weight excluding hydrogens is 134 g/mol. The molecule has 0 saturated carbocycles. The number of hydrogen-bond acceptors (Lipinski definition) is 1. The highest BCUT2D eigenvalue weighted by Crippen LogP contribution is 2.23. The van der Waals surface area contributed by atoms with Crippen LogP contribution < -0.4 is 5.73 Å². The second-order valence-electron chi connectivity index (χ2n) is 2.88. The second-order valence-corrected chi connectivity index (χ2v) is 2.88. The van der Waals surface area contributed by atoms with E-state index >= 15 is 0 Å². The van der Waals surface area contributed by atoms with Crippen LogP contribution in [0.2, 0.25) is 0 Å². The molecule has 2 N–H and O–H groups in total. The fourth-order valence-corrected chi connectivity index (χ4v) is 1.48. The van der Waals surface area contributed by atoms with Gasteiger partial charge in [-0.05, 0) is 17.5 Å². The van der Waals surface area contributed by atoms with Crippen molar-refractivity contribution in [3.05, 3.63) is 41.0 Å². The van der Waals surface area contributed by atoms with Crippen molar-refractivity contribution >= 4 is 6.08 Å². The molecule has 56 valence electrons. The van der Waals surface area contributed by atoms with Crippen molar-refractivity contribution in [3.8, 4) is 0 Å². The SMILES string of the molecule is NCC1=Cc2ccccc2C1. The van der Waals surface area contributed by atoms with Gasteiger partial charge < -0.3 is 5.73 Å². The summed E-state index contributed by atoms with van der Waals surface area (Å²) < 4.78 is 0. The third kappa shape index (κ3) is 1.08. The van der Waals surface area contributed by atoms with Gasteiger partial charge in [0.15, 0.2) is 0 Å². The average molecular weight is 145 g/mol. The average Bonchev–Trinajstić information content (AvgIpc) is 2.46. The molecule has 0 unspecified atom stereocenters. The first-order valence-corrected chi connectivity index (χ1v) is 3.87. The van der Waals surface area contributed by atoms with Crippen molar-refractivity contribution in [3.63, 3.8) is 0 Å². The summed E-state index contributed by atoms with van der Waals surface area (Å²) in [4.78, 5) is 0. The third-order valence-corrected chi connectivity index (χ3v) is 2.09. The number of rotatable bonds is 1. The lowest BCUT2D eigenvalue weighted by atomic mass is 10.1. The molecule has 1 aromatic rings. The van der Waals surface area contributed by atoms with Crippen LogP contribution in [0.15, 0.2) is 29.8 Å². The Kier molecular flexibility index (Phi) is 1.51. The zero-order chi connectivity index (χ0) is 7.68. The summed E-state index contributed by atoms with van der Waals surface area (Å²) in [6.07, 6.45) is 3.24. The first kappa shape index (κ1) is 6.62. The molecule has 11 heavy (non-hydrogen) atoms. The lowest BCUT2D eigenvalue weighted by Gasteiger charge is -1.95. The third-order valence-electron chi connectivity index (χ3n) is 2.09. The van der Waals surface area contributed by atoms with Crippen molar-refractivity contribution in [1.82, 2.24) is 0 Å². The van der Waals surface area contributed by atoms with Crippen LogP contribution >= 0.6 is 0 Å². The van der Waals surface area contributed by atoms with Gasteiger partial charge in [0.25, 0.3) is 0 Å². The minimum atomic E-state index is 0.689. The van der Waals surface area contributed by atoms with Gasteiger partial charge in [0.1, 0.15) is 0 Å². The topological polar surface area (TPSA) is 26.0 Å². The highest BCUT2D eigenvalue weighted by Gasteiger charge is 2.08. The Morgan fingerprint density at radius 3 is 2.82 bits per heavy atom. The highest BCUT2D eigenvalue weighted by molar-refractivity contribution is 5.63. The molecule has 0 fully saturated rings. The molecule has 1 nitrogen and oxygen atoms in total. The first-order valence-electron chi connectivity index (χ1n) is 3.87. The second kappa shape index (κ2) is 2.51. The zero-order valence-corrected chi connectivity index (χ0v) is 6.38. The number of fused-ring (bicyclic) bond motifs is 1. The van der Waals surface area contributed by atoms with Crippen LogP contribution in [0, 0.1) is 0 Å². The summed E-state index contributed by atoms with van der Waals surface area (Å²) in [7, 11) is 0. The van der Waals surface area contributed by atoms with E-state index in [4.69, 9.17) is 5.73 Å². The van der Waals surface area contributed by atoms with Gasteiger partial charge in [-0.2, -0.15) is 0 Å². The highest BCUT2D eigenvalue weighted by atomic mass is 14.5. The predicted molar refractivity (Wildman–Crippen MR) is 47.2 cm³/mol. The standard InChI is InChI=1S/C10H11N/c11-7-8-5-9-3-1-2-4-10(9)6-8/h1-5H,6-7,11H2. The van der Waals surface area contributed by atoms with Crippen LogP contribution in [0.25, 0.3) is 6.08 Å². The zero-order valence-electron chi connectivity index (χ0n) is 6.38. The van der Waals surface area contributed by atoms with Gasteiger partial charge in [-0.25, -0.2) is 0 Å². The molecule has 0 atom stereocenters. The monoisotopic (exact) mass is 145 g/mol. The Morgan fingerprint density at radius 2 is 2.09 bits per heavy atom. The smallest absolute Gasteiger partial charge is 0.0143 e. The minimum Gasteiger partial charge on any atom is -0.327 e. The Hall–Kier alpha value is -1.08. The summed E-state index contributed by atoms with van der Waals surface area (Å²) in [5.41, 5.74) is 9.63. The Balaban J connectivity index is 2.39. The summed E-state index contributed by atoms with van der Waals surface area (Å²) in [6, 6.07) is 8.44. The maximum atomic E-state index is 5.54. The van der Waals surface area contributed by atoms with Gasteiger partial charge in [0, 0.05) is 6.54 Å². The molecular formula is C10H11N.